The van der Waals surface area contributed by atoms with Gasteiger partial charge in [-0.05, 0) is 24.6 Å². The molecular formula is C9H9F4N. The number of halogens is 4. The van der Waals surface area contributed by atoms with Crippen LogP contribution in [0.3, 0.4) is 0 Å². The third kappa shape index (κ3) is 2.23. The summed E-state index contributed by atoms with van der Waals surface area (Å²) in [6, 6.07) is 3.20. The van der Waals surface area contributed by atoms with Crippen LogP contribution < -0.4 is 5.73 Å². The van der Waals surface area contributed by atoms with E-state index >= 15 is 0 Å². The summed E-state index contributed by atoms with van der Waals surface area (Å²) in [5, 5.41) is 0. The third-order valence-corrected chi connectivity index (χ3v) is 1.80. The molecule has 0 bridgehead atoms. The van der Waals surface area contributed by atoms with Gasteiger partial charge < -0.3 is 5.73 Å². The van der Waals surface area contributed by atoms with Crippen LogP contribution in [0.1, 0.15) is 11.1 Å². The molecule has 1 nitrogen and oxygen atoms in total. The molecular weight excluding hydrogens is 198 g/mol. The van der Waals surface area contributed by atoms with E-state index in [1.807, 2.05) is 0 Å². The summed E-state index contributed by atoms with van der Waals surface area (Å²) in [7, 11) is 0. The summed E-state index contributed by atoms with van der Waals surface area (Å²) < 4.78 is 49.8. The van der Waals surface area contributed by atoms with E-state index in [2.05, 4.69) is 0 Å². The second-order valence-electron chi connectivity index (χ2n) is 2.82. The fourth-order valence-electron chi connectivity index (χ4n) is 1.15. The van der Waals surface area contributed by atoms with Gasteiger partial charge in [0.2, 0.25) is 0 Å². The molecule has 0 aliphatic rings. The summed E-state index contributed by atoms with van der Waals surface area (Å²) in [4.78, 5) is 0. The van der Waals surface area contributed by atoms with Crippen molar-refractivity contribution in [1.82, 2.24) is 0 Å². The van der Waals surface area contributed by atoms with Crippen molar-refractivity contribution in [3.8, 4) is 0 Å². The highest BCUT2D eigenvalue weighted by atomic mass is 19.4. The summed E-state index contributed by atoms with van der Waals surface area (Å²) >= 11 is 0. The summed E-state index contributed by atoms with van der Waals surface area (Å²) in [5.41, 5.74) is 3.91. The van der Waals surface area contributed by atoms with Crippen molar-refractivity contribution in [2.24, 2.45) is 5.73 Å². The molecule has 78 valence electrons. The van der Waals surface area contributed by atoms with Gasteiger partial charge in [-0.3, -0.25) is 0 Å². The Kier molecular flexibility index (Phi) is 3.10. The lowest BCUT2D eigenvalue weighted by Gasteiger charge is -2.10. The highest BCUT2D eigenvalue weighted by Gasteiger charge is 2.34. The van der Waals surface area contributed by atoms with Crippen LogP contribution in [-0.2, 0) is 12.6 Å². The number of rotatable bonds is 2. The zero-order valence-electron chi connectivity index (χ0n) is 7.24. The van der Waals surface area contributed by atoms with Crippen molar-refractivity contribution in [2.75, 3.05) is 6.54 Å². The van der Waals surface area contributed by atoms with Crippen LogP contribution >= 0.6 is 0 Å². The fraction of sp³-hybridized carbons (Fsp3) is 0.333. The first-order chi connectivity index (χ1) is 6.46. The number of hydrogen-bond donors (Lipinski definition) is 1. The van der Waals surface area contributed by atoms with E-state index in [0.717, 1.165) is 6.07 Å². The number of nitrogens with two attached hydrogens (primary N) is 1. The minimum atomic E-state index is -4.64. The molecule has 0 fully saturated rings. The first-order valence-corrected chi connectivity index (χ1v) is 4.01. The average Bonchev–Trinajstić information content (AvgIpc) is 2.07. The Morgan fingerprint density at radius 2 is 1.86 bits per heavy atom. The van der Waals surface area contributed by atoms with Crippen molar-refractivity contribution < 1.29 is 17.6 Å². The van der Waals surface area contributed by atoms with Crippen LogP contribution in [0.5, 0.6) is 0 Å². The van der Waals surface area contributed by atoms with Gasteiger partial charge in [-0.1, -0.05) is 12.1 Å². The quantitative estimate of drug-likeness (QED) is 0.740. The standard InChI is InChI=1S/C9H9F4N/c10-8-6(4-5-14)2-1-3-7(8)9(11,12)13/h1-3H,4-5,14H2. The van der Waals surface area contributed by atoms with E-state index in [9.17, 15) is 17.6 Å². The highest BCUT2D eigenvalue weighted by Crippen LogP contribution is 2.32. The number of benzene rings is 1. The van der Waals surface area contributed by atoms with E-state index in [4.69, 9.17) is 5.73 Å². The molecule has 0 atom stereocenters. The molecule has 0 spiro atoms. The van der Waals surface area contributed by atoms with Crippen LogP contribution in [0.15, 0.2) is 18.2 Å². The lowest BCUT2D eigenvalue weighted by Crippen LogP contribution is -2.12. The van der Waals surface area contributed by atoms with Gasteiger partial charge >= 0.3 is 6.18 Å². The Balaban J connectivity index is 3.14. The van der Waals surface area contributed by atoms with E-state index in [0.29, 0.717) is 0 Å². The van der Waals surface area contributed by atoms with E-state index in [-0.39, 0.29) is 18.5 Å². The van der Waals surface area contributed by atoms with E-state index < -0.39 is 17.6 Å². The van der Waals surface area contributed by atoms with Crippen LogP contribution in [0, 0.1) is 5.82 Å². The molecule has 1 aromatic carbocycles. The Labute approximate surface area is 78.5 Å². The Hall–Kier alpha value is -1.10. The molecule has 0 saturated heterocycles. The molecule has 0 saturated carbocycles. The topological polar surface area (TPSA) is 26.0 Å². The zero-order valence-corrected chi connectivity index (χ0v) is 7.24. The zero-order chi connectivity index (χ0) is 10.8. The van der Waals surface area contributed by atoms with Crippen molar-refractivity contribution in [1.29, 1.82) is 0 Å². The normalized spacial score (nSPS) is 11.8. The molecule has 14 heavy (non-hydrogen) atoms. The molecule has 0 aromatic heterocycles. The first kappa shape index (κ1) is 11.0. The lowest BCUT2D eigenvalue weighted by molar-refractivity contribution is -0.140. The minimum absolute atomic E-state index is 0.00215. The maximum Gasteiger partial charge on any atom is 0.419 e. The number of hydrogen-bond acceptors (Lipinski definition) is 1. The Bertz CT molecular complexity index is 319. The van der Waals surface area contributed by atoms with Gasteiger partial charge in [0.1, 0.15) is 5.82 Å². The molecule has 2 N–H and O–H groups in total. The summed E-state index contributed by atoms with van der Waals surface area (Å²) in [6.45, 7) is 0.123. The van der Waals surface area contributed by atoms with E-state index in [1.54, 1.807) is 0 Å². The van der Waals surface area contributed by atoms with Crippen molar-refractivity contribution in [3.63, 3.8) is 0 Å². The Morgan fingerprint density at radius 3 is 2.36 bits per heavy atom. The number of alkyl halides is 3. The minimum Gasteiger partial charge on any atom is -0.330 e. The Morgan fingerprint density at radius 1 is 1.21 bits per heavy atom. The van der Waals surface area contributed by atoms with Crippen LogP contribution in [-0.4, -0.2) is 6.54 Å². The molecule has 5 heteroatoms. The maximum atomic E-state index is 13.2. The molecule has 0 unspecified atom stereocenters. The van der Waals surface area contributed by atoms with Crippen LogP contribution in [0.4, 0.5) is 17.6 Å². The van der Waals surface area contributed by atoms with Gasteiger partial charge in [-0.25, -0.2) is 4.39 Å². The lowest BCUT2D eigenvalue weighted by atomic mass is 10.1. The predicted molar refractivity (Wildman–Crippen MR) is 44.2 cm³/mol. The molecule has 1 aromatic rings. The van der Waals surface area contributed by atoms with Gasteiger partial charge in [0, 0.05) is 0 Å². The maximum absolute atomic E-state index is 13.2. The first-order valence-electron chi connectivity index (χ1n) is 4.01. The summed E-state index contributed by atoms with van der Waals surface area (Å²) in [6.07, 6.45) is -4.54. The predicted octanol–water partition coefficient (Wildman–Crippen LogP) is 2.35. The molecule has 0 aliphatic carbocycles. The van der Waals surface area contributed by atoms with Gasteiger partial charge in [0.25, 0.3) is 0 Å². The molecule has 0 radical (unpaired) electrons. The second kappa shape index (κ2) is 3.96. The van der Waals surface area contributed by atoms with Crippen molar-refractivity contribution >= 4 is 0 Å². The van der Waals surface area contributed by atoms with Gasteiger partial charge in [-0.15, -0.1) is 0 Å². The molecule has 0 amide bonds. The summed E-state index contributed by atoms with van der Waals surface area (Å²) in [5.74, 6) is -1.22. The second-order valence-corrected chi connectivity index (χ2v) is 2.82. The molecule has 1 rings (SSSR count). The molecule has 0 heterocycles. The fourth-order valence-corrected chi connectivity index (χ4v) is 1.15. The SMILES string of the molecule is NCCc1cccc(C(F)(F)F)c1F. The smallest absolute Gasteiger partial charge is 0.330 e. The third-order valence-electron chi connectivity index (χ3n) is 1.80. The highest BCUT2D eigenvalue weighted by molar-refractivity contribution is 5.28. The van der Waals surface area contributed by atoms with Gasteiger partial charge in [-0.2, -0.15) is 13.2 Å². The largest absolute Gasteiger partial charge is 0.419 e. The van der Waals surface area contributed by atoms with Gasteiger partial charge in [0.15, 0.2) is 0 Å². The molecule has 0 aliphatic heterocycles. The average molecular weight is 207 g/mol. The van der Waals surface area contributed by atoms with Gasteiger partial charge in [0.05, 0.1) is 5.56 Å². The van der Waals surface area contributed by atoms with Crippen LogP contribution in [0.25, 0.3) is 0 Å². The van der Waals surface area contributed by atoms with Crippen LogP contribution in [0.2, 0.25) is 0 Å². The van der Waals surface area contributed by atoms with E-state index in [1.165, 1.54) is 12.1 Å². The van der Waals surface area contributed by atoms with Crippen molar-refractivity contribution in [2.45, 2.75) is 12.6 Å². The monoisotopic (exact) mass is 207 g/mol. The van der Waals surface area contributed by atoms with Crippen molar-refractivity contribution in [3.05, 3.63) is 35.1 Å².